The summed E-state index contributed by atoms with van der Waals surface area (Å²) in [7, 11) is 1.90. The van der Waals surface area contributed by atoms with Gasteiger partial charge in [-0.25, -0.2) is 9.78 Å². The molecule has 2 heterocycles. The van der Waals surface area contributed by atoms with Crippen molar-refractivity contribution in [3.63, 3.8) is 0 Å². The highest BCUT2D eigenvalue weighted by Gasteiger charge is 2.14. The fourth-order valence-electron chi connectivity index (χ4n) is 1.80. The van der Waals surface area contributed by atoms with Gasteiger partial charge in [0.1, 0.15) is 11.5 Å². The van der Waals surface area contributed by atoms with Crippen molar-refractivity contribution >= 4 is 17.0 Å². The van der Waals surface area contributed by atoms with Gasteiger partial charge in [-0.05, 0) is 19.1 Å². The van der Waals surface area contributed by atoms with Gasteiger partial charge >= 0.3 is 5.97 Å². The van der Waals surface area contributed by atoms with Crippen LogP contribution >= 0.6 is 0 Å². The highest BCUT2D eigenvalue weighted by Crippen LogP contribution is 2.20. The zero-order valence-electron chi connectivity index (χ0n) is 10.5. The van der Waals surface area contributed by atoms with E-state index in [2.05, 4.69) is 10.1 Å². The second kappa shape index (κ2) is 4.24. The lowest BCUT2D eigenvalue weighted by Crippen LogP contribution is -2.08. The van der Waals surface area contributed by atoms with Crippen molar-refractivity contribution in [2.24, 2.45) is 7.05 Å². The number of benzene rings is 1. The molecule has 0 saturated carbocycles. The summed E-state index contributed by atoms with van der Waals surface area (Å²) in [6.45, 7) is 1.71. The highest BCUT2D eigenvalue weighted by molar-refractivity contribution is 5.89. The number of ether oxygens (including phenoxy) is 1. The average molecular weight is 257 g/mol. The van der Waals surface area contributed by atoms with E-state index in [1.165, 1.54) is 6.07 Å². The zero-order valence-corrected chi connectivity index (χ0v) is 10.5. The Morgan fingerprint density at radius 3 is 2.95 bits per heavy atom. The maximum Gasteiger partial charge on any atom is 0.365 e. The van der Waals surface area contributed by atoms with Crippen LogP contribution < -0.4 is 4.74 Å². The molecule has 0 spiro atoms. The molecular weight excluding hydrogens is 246 g/mol. The fraction of sp³-hybridized carbons (Fsp3) is 0.154. The second-order valence-electron chi connectivity index (χ2n) is 4.22. The number of aryl methyl sites for hydroxylation is 2. The SMILES string of the molecule is Cc1cc(C(=O)Oc2ccc3c(c2)ncn3C)no1. The molecule has 0 saturated heterocycles. The Bertz CT molecular complexity index is 757. The van der Waals surface area contributed by atoms with Crippen molar-refractivity contribution in [2.75, 3.05) is 0 Å². The molecule has 2 aromatic heterocycles. The Balaban J connectivity index is 1.87. The number of carbonyl (C=O) groups excluding carboxylic acids is 1. The molecule has 3 rings (SSSR count). The summed E-state index contributed by atoms with van der Waals surface area (Å²) in [4.78, 5) is 16.0. The summed E-state index contributed by atoms with van der Waals surface area (Å²) in [6, 6.07) is 6.80. The molecule has 0 amide bonds. The number of hydrogen-bond donors (Lipinski definition) is 0. The van der Waals surface area contributed by atoms with Gasteiger partial charge in [0.25, 0.3) is 0 Å². The van der Waals surface area contributed by atoms with Gasteiger partial charge in [-0.1, -0.05) is 5.16 Å². The summed E-state index contributed by atoms with van der Waals surface area (Å²) in [5.41, 5.74) is 1.89. The van der Waals surface area contributed by atoms with E-state index in [0.717, 1.165) is 11.0 Å². The minimum atomic E-state index is -0.549. The number of hydrogen-bond acceptors (Lipinski definition) is 5. The predicted molar refractivity (Wildman–Crippen MR) is 66.9 cm³/mol. The molecular formula is C13H11N3O3. The lowest BCUT2D eigenvalue weighted by Gasteiger charge is -2.02. The fourth-order valence-corrected chi connectivity index (χ4v) is 1.80. The molecule has 0 radical (unpaired) electrons. The van der Waals surface area contributed by atoms with E-state index >= 15 is 0 Å². The minimum absolute atomic E-state index is 0.151. The van der Waals surface area contributed by atoms with E-state index in [1.54, 1.807) is 25.4 Å². The number of aromatic nitrogens is 3. The van der Waals surface area contributed by atoms with Crippen LogP contribution in [0.5, 0.6) is 5.75 Å². The summed E-state index contributed by atoms with van der Waals surface area (Å²) in [5, 5.41) is 3.61. The molecule has 0 aliphatic carbocycles. The van der Waals surface area contributed by atoms with Gasteiger partial charge in [0, 0.05) is 19.2 Å². The van der Waals surface area contributed by atoms with Gasteiger partial charge < -0.3 is 13.8 Å². The Morgan fingerprint density at radius 1 is 1.37 bits per heavy atom. The first-order valence-electron chi connectivity index (χ1n) is 5.70. The van der Waals surface area contributed by atoms with Crippen molar-refractivity contribution in [1.29, 1.82) is 0 Å². The van der Waals surface area contributed by atoms with Crippen LogP contribution in [0.15, 0.2) is 35.1 Å². The maximum atomic E-state index is 11.8. The van der Waals surface area contributed by atoms with Crippen molar-refractivity contribution in [2.45, 2.75) is 6.92 Å². The van der Waals surface area contributed by atoms with Gasteiger partial charge in [-0.2, -0.15) is 0 Å². The Labute approximate surface area is 108 Å². The normalized spacial score (nSPS) is 10.8. The molecule has 0 unspecified atom stereocenters. The van der Waals surface area contributed by atoms with Crippen LogP contribution in [-0.2, 0) is 7.05 Å². The average Bonchev–Trinajstić information content (AvgIpc) is 2.97. The van der Waals surface area contributed by atoms with Crippen LogP contribution in [0.1, 0.15) is 16.2 Å². The third-order valence-corrected chi connectivity index (χ3v) is 2.74. The molecule has 6 heteroatoms. The third kappa shape index (κ3) is 2.08. The number of esters is 1. The van der Waals surface area contributed by atoms with Crippen LogP contribution in [0.4, 0.5) is 0 Å². The number of imidazole rings is 1. The molecule has 0 N–H and O–H groups in total. The first-order valence-corrected chi connectivity index (χ1v) is 5.70. The van der Waals surface area contributed by atoms with Gasteiger partial charge in [0.2, 0.25) is 0 Å². The molecule has 0 atom stereocenters. The minimum Gasteiger partial charge on any atom is -0.422 e. The molecule has 0 aliphatic heterocycles. The molecule has 1 aromatic carbocycles. The lowest BCUT2D eigenvalue weighted by atomic mass is 10.3. The summed E-state index contributed by atoms with van der Waals surface area (Å²) < 4.78 is 11.9. The summed E-state index contributed by atoms with van der Waals surface area (Å²) in [5.74, 6) is 0.441. The van der Waals surface area contributed by atoms with Crippen molar-refractivity contribution < 1.29 is 14.1 Å². The van der Waals surface area contributed by atoms with Crippen molar-refractivity contribution in [1.82, 2.24) is 14.7 Å². The number of fused-ring (bicyclic) bond motifs is 1. The van der Waals surface area contributed by atoms with Gasteiger partial charge in [0.15, 0.2) is 5.69 Å². The first kappa shape index (κ1) is 11.5. The molecule has 0 aliphatic rings. The maximum absolute atomic E-state index is 11.8. The second-order valence-corrected chi connectivity index (χ2v) is 4.22. The van der Waals surface area contributed by atoms with Crippen LogP contribution in [0.3, 0.4) is 0 Å². The third-order valence-electron chi connectivity index (χ3n) is 2.74. The zero-order chi connectivity index (χ0) is 13.4. The van der Waals surface area contributed by atoms with Crippen LogP contribution in [0, 0.1) is 6.92 Å². The standard InChI is InChI=1S/C13H11N3O3/c1-8-5-11(15-19-8)13(17)18-9-3-4-12-10(6-9)14-7-16(12)2/h3-7H,1-2H3. The van der Waals surface area contributed by atoms with E-state index in [9.17, 15) is 4.79 Å². The van der Waals surface area contributed by atoms with E-state index < -0.39 is 5.97 Å². The molecule has 6 nitrogen and oxygen atoms in total. The Morgan fingerprint density at radius 2 is 2.21 bits per heavy atom. The van der Waals surface area contributed by atoms with Crippen molar-refractivity contribution in [3.05, 3.63) is 42.0 Å². The van der Waals surface area contributed by atoms with Crippen LogP contribution in [0.2, 0.25) is 0 Å². The Hall–Kier alpha value is -2.63. The lowest BCUT2D eigenvalue weighted by molar-refractivity contribution is 0.0724. The largest absolute Gasteiger partial charge is 0.422 e. The van der Waals surface area contributed by atoms with E-state index in [4.69, 9.17) is 9.26 Å². The van der Waals surface area contributed by atoms with E-state index in [1.807, 2.05) is 17.7 Å². The molecule has 3 aromatic rings. The van der Waals surface area contributed by atoms with Crippen LogP contribution in [-0.4, -0.2) is 20.7 Å². The topological polar surface area (TPSA) is 70.2 Å². The summed E-state index contributed by atoms with van der Waals surface area (Å²) >= 11 is 0. The number of nitrogens with zero attached hydrogens (tertiary/aromatic N) is 3. The molecule has 19 heavy (non-hydrogen) atoms. The van der Waals surface area contributed by atoms with Crippen LogP contribution in [0.25, 0.3) is 11.0 Å². The first-order chi connectivity index (χ1) is 9.13. The Kier molecular flexibility index (Phi) is 2.56. The highest BCUT2D eigenvalue weighted by atomic mass is 16.5. The van der Waals surface area contributed by atoms with E-state index in [-0.39, 0.29) is 5.69 Å². The van der Waals surface area contributed by atoms with Gasteiger partial charge in [-0.15, -0.1) is 0 Å². The van der Waals surface area contributed by atoms with E-state index in [0.29, 0.717) is 11.5 Å². The monoisotopic (exact) mass is 257 g/mol. The van der Waals surface area contributed by atoms with Gasteiger partial charge in [0.05, 0.1) is 17.4 Å². The quantitative estimate of drug-likeness (QED) is 0.519. The van der Waals surface area contributed by atoms with Crippen molar-refractivity contribution in [3.8, 4) is 5.75 Å². The summed E-state index contributed by atoms with van der Waals surface area (Å²) in [6.07, 6.45) is 1.71. The smallest absolute Gasteiger partial charge is 0.365 e. The molecule has 0 fully saturated rings. The predicted octanol–water partition coefficient (Wildman–Crippen LogP) is 2.09. The number of rotatable bonds is 2. The molecule has 96 valence electrons. The number of carbonyl (C=O) groups is 1. The molecule has 0 bridgehead atoms. The van der Waals surface area contributed by atoms with Gasteiger partial charge in [-0.3, -0.25) is 0 Å².